The second kappa shape index (κ2) is 4.28. The smallest absolute Gasteiger partial charge is 0.172 e. The van der Waals surface area contributed by atoms with Crippen molar-refractivity contribution in [3.8, 4) is 0 Å². The van der Waals surface area contributed by atoms with Crippen LogP contribution in [0.5, 0.6) is 0 Å². The Balaban J connectivity index is 1.81. The van der Waals surface area contributed by atoms with Crippen LogP contribution >= 0.6 is 0 Å². The summed E-state index contributed by atoms with van der Waals surface area (Å²) in [6, 6.07) is 8.72. The number of nitrogens with one attached hydrogen (secondary N) is 2. The number of amidine groups is 1. The highest BCUT2D eigenvalue weighted by Crippen LogP contribution is 2.43. The molecule has 96 valence electrons. The maximum absolute atomic E-state index is 4.24. The number of hydrazone groups is 1. The molecule has 18 heavy (non-hydrogen) atoms. The van der Waals surface area contributed by atoms with Gasteiger partial charge in [-0.25, -0.2) is 5.53 Å². The van der Waals surface area contributed by atoms with E-state index >= 15 is 0 Å². The van der Waals surface area contributed by atoms with Crippen LogP contribution in [0.3, 0.4) is 0 Å². The standard InChI is InChI=1S/C14H20N4/c1-14(7-4-8-14)10-11-5-3-6-12(9-11)13-15-16-17-18(13)2/h3,5-6,9,16-17H,4,7-8,10H2,1-2H3. The molecule has 2 N–H and O–H groups in total. The molecule has 3 rings (SSSR count). The van der Waals surface area contributed by atoms with E-state index in [9.17, 15) is 0 Å². The van der Waals surface area contributed by atoms with Gasteiger partial charge in [-0.2, -0.15) is 0 Å². The van der Waals surface area contributed by atoms with Crippen molar-refractivity contribution in [1.29, 1.82) is 0 Å². The number of nitrogens with zero attached hydrogens (tertiary/aromatic N) is 2. The van der Waals surface area contributed by atoms with E-state index in [1.165, 1.54) is 31.2 Å². The van der Waals surface area contributed by atoms with Crippen LogP contribution in [0.15, 0.2) is 29.4 Å². The second-order valence-corrected chi connectivity index (χ2v) is 5.76. The minimum Gasteiger partial charge on any atom is -0.274 e. The van der Waals surface area contributed by atoms with E-state index in [1.54, 1.807) is 0 Å². The van der Waals surface area contributed by atoms with Gasteiger partial charge < -0.3 is 0 Å². The minimum atomic E-state index is 0.526. The van der Waals surface area contributed by atoms with E-state index in [4.69, 9.17) is 0 Å². The molecule has 0 saturated heterocycles. The molecule has 1 aliphatic heterocycles. The fourth-order valence-electron chi connectivity index (χ4n) is 2.81. The Hall–Kier alpha value is -1.55. The summed E-state index contributed by atoms with van der Waals surface area (Å²) in [5.74, 6) is 0.940. The first-order valence-corrected chi connectivity index (χ1v) is 6.58. The molecule has 0 amide bonds. The summed E-state index contributed by atoms with van der Waals surface area (Å²) in [7, 11) is 1.96. The Kier molecular flexibility index (Phi) is 2.74. The SMILES string of the molecule is CN1NNN=C1c1cccc(CC2(C)CCC2)c1. The lowest BCUT2D eigenvalue weighted by atomic mass is 9.67. The summed E-state index contributed by atoms with van der Waals surface area (Å²) in [6.45, 7) is 2.39. The van der Waals surface area contributed by atoms with Crippen molar-refractivity contribution in [2.24, 2.45) is 10.5 Å². The van der Waals surface area contributed by atoms with Gasteiger partial charge in [0.1, 0.15) is 0 Å². The van der Waals surface area contributed by atoms with E-state index in [0.717, 1.165) is 11.4 Å². The quantitative estimate of drug-likeness (QED) is 0.854. The van der Waals surface area contributed by atoms with Crippen LogP contribution in [0.25, 0.3) is 0 Å². The molecule has 0 bridgehead atoms. The van der Waals surface area contributed by atoms with E-state index in [1.807, 2.05) is 12.1 Å². The lowest BCUT2D eigenvalue weighted by Gasteiger charge is -2.38. The second-order valence-electron chi connectivity index (χ2n) is 5.76. The summed E-state index contributed by atoms with van der Waals surface area (Å²) < 4.78 is 0. The number of hydrogen-bond donors (Lipinski definition) is 2. The lowest BCUT2D eigenvalue weighted by Crippen LogP contribution is -2.37. The zero-order valence-corrected chi connectivity index (χ0v) is 11.0. The number of benzene rings is 1. The molecule has 4 heteroatoms. The number of hydrogen-bond acceptors (Lipinski definition) is 4. The van der Waals surface area contributed by atoms with Gasteiger partial charge in [0.25, 0.3) is 0 Å². The Bertz CT molecular complexity index is 476. The molecule has 1 aliphatic carbocycles. The van der Waals surface area contributed by atoms with E-state index in [0.29, 0.717) is 5.41 Å². The zero-order chi connectivity index (χ0) is 12.6. The molecule has 1 saturated carbocycles. The van der Waals surface area contributed by atoms with E-state index in [-0.39, 0.29) is 0 Å². The molecular formula is C14H20N4. The molecule has 0 atom stereocenters. The van der Waals surface area contributed by atoms with Crippen molar-refractivity contribution >= 4 is 5.84 Å². The van der Waals surface area contributed by atoms with Gasteiger partial charge in [0.15, 0.2) is 5.84 Å². The van der Waals surface area contributed by atoms with Gasteiger partial charge in [0.2, 0.25) is 0 Å². The molecule has 2 aliphatic rings. The van der Waals surface area contributed by atoms with Crippen molar-refractivity contribution in [2.45, 2.75) is 32.6 Å². The van der Waals surface area contributed by atoms with E-state index in [2.05, 4.69) is 47.4 Å². The van der Waals surface area contributed by atoms with Crippen LogP contribution in [0.4, 0.5) is 0 Å². The van der Waals surface area contributed by atoms with Gasteiger partial charge in [-0.15, -0.1) is 10.6 Å². The van der Waals surface area contributed by atoms with Gasteiger partial charge in [0.05, 0.1) is 0 Å². The molecule has 0 aromatic heterocycles. The third-order valence-corrected chi connectivity index (χ3v) is 4.07. The summed E-state index contributed by atoms with van der Waals surface area (Å²) in [5, 5.41) is 6.13. The summed E-state index contributed by atoms with van der Waals surface area (Å²) in [5.41, 5.74) is 8.82. The molecule has 1 fully saturated rings. The number of rotatable bonds is 3. The van der Waals surface area contributed by atoms with Crippen molar-refractivity contribution in [1.82, 2.24) is 16.1 Å². The topological polar surface area (TPSA) is 39.7 Å². The fraction of sp³-hybridized carbons (Fsp3) is 0.500. The maximum Gasteiger partial charge on any atom is 0.172 e. The van der Waals surface area contributed by atoms with Crippen molar-refractivity contribution in [2.75, 3.05) is 7.05 Å². The summed E-state index contributed by atoms with van der Waals surface area (Å²) in [4.78, 5) is 0. The van der Waals surface area contributed by atoms with E-state index < -0.39 is 0 Å². The highest BCUT2D eigenvalue weighted by Gasteiger charge is 2.31. The Morgan fingerprint density at radius 3 is 2.83 bits per heavy atom. The molecular weight excluding hydrogens is 224 g/mol. The normalized spacial score (nSPS) is 21.2. The molecule has 1 heterocycles. The van der Waals surface area contributed by atoms with Gasteiger partial charge in [-0.05, 0) is 36.3 Å². The van der Waals surface area contributed by atoms with Crippen LogP contribution in [-0.4, -0.2) is 17.9 Å². The predicted molar refractivity (Wildman–Crippen MR) is 72.7 cm³/mol. The van der Waals surface area contributed by atoms with Crippen LogP contribution in [0.1, 0.15) is 37.3 Å². The monoisotopic (exact) mass is 244 g/mol. The molecule has 0 radical (unpaired) electrons. The third kappa shape index (κ3) is 2.08. The summed E-state index contributed by atoms with van der Waals surface area (Å²) in [6.07, 6.45) is 5.29. The van der Waals surface area contributed by atoms with Crippen molar-refractivity contribution in [3.05, 3.63) is 35.4 Å². The van der Waals surface area contributed by atoms with Crippen LogP contribution in [-0.2, 0) is 6.42 Å². The average Bonchev–Trinajstić information content (AvgIpc) is 2.74. The first-order chi connectivity index (χ1) is 8.66. The Morgan fingerprint density at radius 2 is 2.22 bits per heavy atom. The molecule has 0 spiro atoms. The predicted octanol–water partition coefficient (Wildman–Crippen LogP) is 2.04. The first kappa shape index (κ1) is 11.5. The molecule has 4 nitrogen and oxygen atoms in total. The third-order valence-electron chi connectivity index (χ3n) is 4.07. The van der Waals surface area contributed by atoms with Crippen LogP contribution in [0, 0.1) is 5.41 Å². The number of hydrazine groups is 2. The molecule has 1 aromatic carbocycles. The molecule has 1 aromatic rings. The summed E-state index contributed by atoms with van der Waals surface area (Å²) >= 11 is 0. The largest absolute Gasteiger partial charge is 0.274 e. The lowest BCUT2D eigenvalue weighted by molar-refractivity contribution is 0.161. The maximum atomic E-state index is 4.24. The van der Waals surface area contributed by atoms with Crippen LogP contribution in [0.2, 0.25) is 0 Å². The Morgan fingerprint density at radius 1 is 1.39 bits per heavy atom. The highest BCUT2D eigenvalue weighted by atomic mass is 15.8. The van der Waals surface area contributed by atoms with Crippen molar-refractivity contribution in [3.63, 3.8) is 0 Å². The average molecular weight is 244 g/mol. The zero-order valence-electron chi connectivity index (χ0n) is 11.0. The van der Waals surface area contributed by atoms with Gasteiger partial charge in [0, 0.05) is 12.6 Å². The van der Waals surface area contributed by atoms with Crippen molar-refractivity contribution < 1.29 is 0 Å². The minimum absolute atomic E-state index is 0.526. The fourth-order valence-corrected chi connectivity index (χ4v) is 2.81. The Labute approximate surface area is 108 Å². The van der Waals surface area contributed by atoms with Gasteiger partial charge >= 0.3 is 0 Å². The first-order valence-electron chi connectivity index (χ1n) is 6.58. The molecule has 0 unspecified atom stereocenters. The van der Waals surface area contributed by atoms with Crippen LogP contribution < -0.4 is 11.1 Å². The van der Waals surface area contributed by atoms with Gasteiger partial charge in [-0.3, -0.25) is 5.01 Å². The van der Waals surface area contributed by atoms with Gasteiger partial charge in [-0.1, -0.05) is 31.5 Å². The highest BCUT2D eigenvalue weighted by molar-refractivity contribution is 5.98.